The first-order chi connectivity index (χ1) is 12.7. The lowest BCUT2D eigenvalue weighted by Crippen LogP contribution is -2.45. The molecule has 142 valence electrons. The number of amides is 1. The van der Waals surface area contributed by atoms with E-state index in [1.54, 1.807) is 6.92 Å². The number of hydrogen-bond acceptors (Lipinski definition) is 5. The monoisotopic (exact) mass is 357 g/mol. The van der Waals surface area contributed by atoms with Gasteiger partial charge in [-0.15, -0.1) is 0 Å². The normalized spacial score (nSPS) is 26.4. The predicted molar refractivity (Wildman–Crippen MR) is 102 cm³/mol. The molecule has 1 amide bonds. The van der Waals surface area contributed by atoms with E-state index in [4.69, 9.17) is 0 Å². The molecule has 26 heavy (non-hydrogen) atoms. The molecule has 0 spiro atoms. The molecule has 0 aromatic carbocycles. The van der Waals surface area contributed by atoms with Crippen molar-refractivity contribution in [2.45, 2.75) is 45.1 Å². The largest absolute Gasteiger partial charge is 0.343 e. The Morgan fingerprint density at radius 2 is 1.58 bits per heavy atom. The topological polar surface area (TPSA) is 52.6 Å². The SMILES string of the molecule is CC(=O)N1CCC(N2CCC(C3CCN(c4ncccn4)CC3)C2)CC1. The van der Waals surface area contributed by atoms with E-state index in [-0.39, 0.29) is 5.91 Å². The molecule has 1 atom stereocenters. The Bertz CT molecular complexity index is 593. The molecule has 4 rings (SSSR count). The average molecular weight is 358 g/mol. The van der Waals surface area contributed by atoms with Gasteiger partial charge in [0.2, 0.25) is 11.9 Å². The fraction of sp³-hybridized carbons (Fsp3) is 0.750. The number of carbonyl (C=O) groups excluding carboxylic acids is 1. The fourth-order valence-corrected chi connectivity index (χ4v) is 5.10. The van der Waals surface area contributed by atoms with Crippen LogP contribution in [0.5, 0.6) is 0 Å². The molecule has 1 aromatic rings. The summed E-state index contributed by atoms with van der Waals surface area (Å²) in [5.41, 5.74) is 0. The van der Waals surface area contributed by atoms with Crippen molar-refractivity contribution in [3.05, 3.63) is 18.5 Å². The van der Waals surface area contributed by atoms with Crippen LogP contribution in [0.4, 0.5) is 5.95 Å². The minimum absolute atomic E-state index is 0.233. The third kappa shape index (κ3) is 3.85. The Morgan fingerprint density at radius 3 is 2.23 bits per heavy atom. The summed E-state index contributed by atoms with van der Waals surface area (Å²) in [6.45, 7) is 8.26. The van der Waals surface area contributed by atoms with Crippen molar-refractivity contribution >= 4 is 11.9 Å². The van der Waals surface area contributed by atoms with E-state index >= 15 is 0 Å². The third-order valence-electron chi connectivity index (χ3n) is 6.72. The number of anilines is 1. The molecule has 3 fully saturated rings. The number of likely N-dealkylation sites (tertiary alicyclic amines) is 2. The second-order valence-electron chi connectivity index (χ2n) is 8.15. The molecule has 0 radical (unpaired) electrons. The van der Waals surface area contributed by atoms with E-state index in [2.05, 4.69) is 19.8 Å². The van der Waals surface area contributed by atoms with E-state index in [0.29, 0.717) is 6.04 Å². The van der Waals surface area contributed by atoms with Crippen LogP contribution in [0.15, 0.2) is 18.5 Å². The summed E-state index contributed by atoms with van der Waals surface area (Å²) in [6.07, 6.45) is 9.84. The maximum absolute atomic E-state index is 11.5. The number of aromatic nitrogens is 2. The Morgan fingerprint density at radius 1 is 0.923 bits per heavy atom. The van der Waals surface area contributed by atoms with Crippen molar-refractivity contribution in [3.63, 3.8) is 0 Å². The van der Waals surface area contributed by atoms with Crippen molar-refractivity contribution in [1.82, 2.24) is 19.8 Å². The zero-order chi connectivity index (χ0) is 17.9. The molecule has 0 bridgehead atoms. The van der Waals surface area contributed by atoms with Crippen molar-refractivity contribution in [1.29, 1.82) is 0 Å². The first kappa shape index (κ1) is 17.7. The van der Waals surface area contributed by atoms with E-state index in [1.165, 1.54) is 32.4 Å². The molecule has 1 aromatic heterocycles. The molecular formula is C20H31N5O. The molecule has 3 saturated heterocycles. The summed E-state index contributed by atoms with van der Waals surface area (Å²) in [7, 11) is 0. The van der Waals surface area contributed by atoms with Crippen LogP contribution in [0.1, 0.15) is 39.0 Å². The first-order valence-corrected chi connectivity index (χ1v) is 10.2. The average Bonchev–Trinajstić information content (AvgIpc) is 3.19. The first-order valence-electron chi connectivity index (χ1n) is 10.2. The fourth-order valence-electron chi connectivity index (χ4n) is 5.10. The Labute approximate surface area is 156 Å². The highest BCUT2D eigenvalue weighted by Crippen LogP contribution is 2.34. The van der Waals surface area contributed by atoms with Gasteiger partial charge in [-0.1, -0.05) is 0 Å². The molecule has 3 aliphatic rings. The van der Waals surface area contributed by atoms with Crippen LogP contribution in [0.25, 0.3) is 0 Å². The summed E-state index contributed by atoms with van der Waals surface area (Å²) >= 11 is 0. The lowest BCUT2D eigenvalue weighted by molar-refractivity contribution is -0.130. The van der Waals surface area contributed by atoms with Gasteiger partial charge in [0.1, 0.15) is 0 Å². The van der Waals surface area contributed by atoms with Gasteiger partial charge >= 0.3 is 0 Å². The molecular weight excluding hydrogens is 326 g/mol. The molecule has 3 aliphatic heterocycles. The van der Waals surface area contributed by atoms with Gasteiger partial charge < -0.3 is 9.80 Å². The quantitative estimate of drug-likeness (QED) is 0.828. The smallest absolute Gasteiger partial charge is 0.225 e. The van der Waals surface area contributed by atoms with Crippen LogP contribution < -0.4 is 4.90 Å². The molecule has 4 heterocycles. The maximum atomic E-state index is 11.5. The number of nitrogens with zero attached hydrogens (tertiary/aromatic N) is 5. The second-order valence-corrected chi connectivity index (χ2v) is 8.15. The van der Waals surface area contributed by atoms with Crippen LogP contribution >= 0.6 is 0 Å². The summed E-state index contributed by atoms with van der Waals surface area (Å²) in [4.78, 5) is 27.4. The highest BCUT2D eigenvalue weighted by atomic mass is 16.2. The Kier molecular flexibility index (Phi) is 5.38. The van der Waals surface area contributed by atoms with Gasteiger partial charge in [-0.3, -0.25) is 9.69 Å². The second kappa shape index (κ2) is 7.91. The van der Waals surface area contributed by atoms with Gasteiger partial charge in [-0.2, -0.15) is 0 Å². The highest BCUT2D eigenvalue weighted by Gasteiger charge is 2.35. The van der Waals surface area contributed by atoms with Crippen molar-refractivity contribution in [3.8, 4) is 0 Å². The van der Waals surface area contributed by atoms with Crippen molar-refractivity contribution in [2.24, 2.45) is 11.8 Å². The summed E-state index contributed by atoms with van der Waals surface area (Å²) in [5.74, 6) is 2.81. The molecule has 0 saturated carbocycles. The van der Waals surface area contributed by atoms with E-state index < -0.39 is 0 Å². The zero-order valence-corrected chi connectivity index (χ0v) is 15.9. The summed E-state index contributed by atoms with van der Waals surface area (Å²) < 4.78 is 0. The van der Waals surface area contributed by atoms with E-state index in [9.17, 15) is 4.79 Å². The van der Waals surface area contributed by atoms with Crippen LogP contribution in [0.2, 0.25) is 0 Å². The standard InChI is InChI=1S/C20H31N5O/c1-16(26)23-13-6-19(7-14-23)25-12-5-18(15-25)17-3-10-24(11-4-17)20-21-8-2-9-22-20/h2,8-9,17-19H,3-7,10-15H2,1H3. The zero-order valence-electron chi connectivity index (χ0n) is 15.9. The number of carbonyl (C=O) groups is 1. The van der Waals surface area contributed by atoms with Crippen LogP contribution in [0, 0.1) is 11.8 Å². The number of piperidine rings is 2. The predicted octanol–water partition coefficient (Wildman–Crippen LogP) is 2.03. The van der Waals surface area contributed by atoms with E-state index in [1.807, 2.05) is 23.4 Å². The van der Waals surface area contributed by atoms with Crippen LogP contribution in [-0.4, -0.2) is 71.0 Å². The van der Waals surface area contributed by atoms with Crippen LogP contribution in [-0.2, 0) is 4.79 Å². The minimum Gasteiger partial charge on any atom is -0.343 e. The molecule has 6 nitrogen and oxygen atoms in total. The molecule has 0 N–H and O–H groups in total. The van der Waals surface area contributed by atoms with Gasteiger partial charge in [-0.25, -0.2) is 9.97 Å². The van der Waals surface area contributed by atoms with Gasteiger partial charge in [-0.05, 0) is 56.6 Å². The van der Waals surface area contributed by atoms with Crippen molar-refractivity contribution in [2.75, 3.05) is 44.2 Å². The van der Waals surface area contributed by atoms with Gasteiger partial charge in [0, 0.05) is 58.1 Å². The Balaban J connectivity index is 1.24. The van der Waals surface area contributed by atoms with Gasteiger partial charge in [0.25, 0.3) is 0 Å². The maximum Gasteiger partial charge on any atom is 0.225 e. The van der Waals surface area contributed by atoms with E-state index in [0.717, 1.165) is 56.8 Å². The molecule has 0 aliphatic carbocycles. The number of rotatable bonds is 3. The molecule has 1 unspecified atom stereocenters. The lowest BCUT2D eigenvalue weighted by Gasteiger charge is -2.37. The van der Waals surface area contributed by atoms with Gasteiger partial charge in [0.05, 0.1) is 0 Å². The van der Waals surface area contributed by atoms with Crippen molar-refractivity contribution < 1.29 is 4.79 Å². The third-order valence-corrected chi connectivity index (χ3v) is 6.72. The Hall–Kier alpha value is -1.69. The van der Waals surface area contributed by atoms with Crippen LogP contribution in [0.3, 0.4) is 0 Å². The minimum atomic E-state index is 0.233. The highest BCUT2D eigenvalue weighted by molar-refractivity contribution is 5.73. The molecule has 6 heteroatoms. The summed E-state index contributed by atoms with van der Waals surface area (Å²) in [5, 5.41) is 0. The lowest BCUT2D eigenvalue weighted by atomic mass is 9.84. The van der Waals surface area contributed by atoms with Gasteiger partial charge in [0.15, 0.2) is 0 Å². The summed E-state index contributed by atoms with van der Waals surface area (Å²) in [6, 6.07) is 2.57. The number of hydrogen-bond donors (Lipinski definition) is 0.